The highest BCUT2D eigenvalue weighted by Crippen LogP contribution is 2.45. The van der Waals surface area contributed by atoms with Gasteiger partial charge in [0, 0.05) is 17.0 Å². The molecule has 0 bridgehead atoms. The van der Waals surface area contributed by atoms with Gasteiger partial charge in [0.05, 0.1) is 13.2 Å². The molecular weight excluding hydrogens is 468 g/mol. The SMILES string of the molecule is CCCC(c1ccccc1)S(=O)(=O)O[C@H]1CCCC[C@@H]1c1cc(C(C)(C)C)c(OC)c(C(C)(C)C)c1. The van der Waals surface area contributed by atoms with E-state index in [0.717, 1.165) is 60.1 Å². The third-order valence-corrected chi connectivity index (χ3v) is 9.11. The van der Waals surface area contributed by atoms with Crippen molar-refractivity contribution in [2.45, 2.75) is 115 Å². The molecule has 3 rings (SSSR count). The Balaban J connectivity index is 2.05. The minimum Gasteiger partial charge on any atom is -0.496 e. The van der Waals surface area contributed by atoms with Gasteiger partial charge in [0.2, 0.25) is 0 Å². The Labute approximate surface area is 219 Å². The molecule has 2 aromatic carbocycles. The van der Waals surface area contributed by atoms with Crippen LogP contribution in [0.2, 0.25) is 0 Å². The van der Waals surface area contributed by atoms with E-state index in [1.54, 1.807) is 7.11 Å². The predicted molar refractivity (Wildman–Crippen MR) is 149 cm³/mol. The number of hydrogen-bond donors (Lipinski definition) is 0. The van der Waals surface area contributed by atoms with E-state index in [9.17, 15) is 8.42 Å². The van der Waals surface area contributed by atoms with Gasteiger partial charge in [-0.05, 0) is 41.2 Å². The maximum atomic E-state index is 13.7. The molecule has 200 valence electrons. The summed E-state index contributed by atoms with van der Waals surface area (Å²) < 4.78 is 39.5. The summed E-state index contributed by atoms with van der Waals surface area (Å²) >= 11 is 0. The number of methoxy groups -OCH3 is 1. The fourth-order valence-corrected chi connectivity index (χ4v) is 7.16. The molecule has 0 heterocycles. The van der Waals surface area contributed by atoms with Crippen molar-refractivity contribution in [2.75, 3.05) is 7.11 Å². The van der Waals surface area contributed by atoms with Crippen LogP contribution in [0.25, 0.3) is 0 Å². The minimum absolute atomic E-state index is 0.0275. The molecule has 0 aromatic heterocycles. The van der Waals surface area contributed by atoms with Crippen molar-refractivity contribution in [3.8, 4) is 5.75 Å². The first-order valence-corrected chi connectivity index (χ1v) is 15.0. The van der Waals surface area contributed by atoms with Crippen molar-refractivity contribution in [3.63, 3.8) is 0 Å². The van der Waals surface area contributed by atoms with E-state index in [0.29, 0.717) is 6.42 Å². The Kier molecular flexibility index (Phi) is 8.99. The Morgan fingerprint density at radius 1 is 0.917 bits per heavy atom. The molecule has 1 aliphatic rings. The summed E-state index contributed by atoms with van der Waals surface area (Å²) in [6, 6.07) is 14.0. The van der Waals surface area contributed by atoms with Crippen LogP contribution in [0, 0.1) is 0 Å². The zero-order valence-electron chi connectivity index (χ0n) is 23.6. The number of rotatable bonds is 8. The second-order valence-electron chi connectivity index (χ2n) is 12.4. The molecule has 3 atom stereocenters. The Bertz CT molecular complexity index is 1070. The van der Waals surface area contributed by atoms with Gasteiger partial charge in [-0.15, -0.1) is 0 Å². The first kappa shape index (κ1) is 28.7. The summed E-state index contributed by atoms with van der Waals surface area (Å²) in [7, 11) is -2.05. The Morgan fingerprint density at radius 3 is 1.97 bits per heavy atom. The maximum Gasteiger partial charge on any atom is 0.274 e. The third-order valence-electron chi connectivity index (χ3n) is 7.39. The van der Waals surface area contributed by atoms with E-state index in [1.165, 1.54) is 0 Å². The number of ether oxygens (including phenoxy) is 1. The molecule has 0 amide bonds. The van der Waals surface area contributed by atoms with Crippen LogP contribution in [-0.4, -0.2) is 21.6 Å². The molecule has 36 heavy (non-hydrogen) atoms. The summed E-state index contributed by atoms with van der Waals surface area (Å²) in [5.74, 6) is 0.964. The molecule has 1 saturated carbocycles. The summed E-state index contributed by atoms with van der Waals surface area (Å²) in [6.45, 7) is 15.2. The number of benzene rings is 2. The summed E-state index contributed by atoms with van der Waals surface area (Å²) in [6.07, 6.45) is 4.69. The van der Waals surface area contributed by atoms with Gasteiger partial charge in [-0.25, -0.2) is 0 Å². The molecule has 0 N–H and O–H groups in total. The van der Waals surface area contributed by atoms with E-state index >= 15 is 0 Å². The highest BCUT2D eigenvalue weighted by Gasteiger charge is 2.37. The lowest BCUT2D eigenvalue weighted by Crippen LogP contribution is -2.31. The topological polar surface area (TPSA) is 52.6 Å². The van der Waals surface area contributed by atoms with E-state index in [4.69, 9.17) is 8.92 Å². The lowest BCUT2D eigenvalue weighted by Gasteiger charge is -2.35. The van der Waals surface area contributed by atoms with Crippen molar-refractivity contribution >= 4 is 10.1 Å². The van der Waals surface area contributed by atoms with Gasteiger partial charge in [-0.3, -0.25) is 4.18 Å². The van der Waals surface area contributed by atoms with E-state index in [2.05, 4.69) is 53.7 Å². The summed E-state index contributed by atoms with van der Waals surface area (Å²) in [5, 5.41) is -0.641. The Hall–Kier alpha value is -1.85. The molecule has 1 fully saturated rings. The molecule has 5 heteroatoms. The highest BCUT2D eigenvalue weighted by molar-refractivity contribution is 7.87. The van der Waals surface area contributed by atoms with E-state index in [1.807, 2.05) is 37.3 Å². The lowest BCUT2D eigenvalue weighted by atomic mass is 9.74. The van der Waals surface area contributed by atoms with Crippen molar-refractivity contribution in [1.29, 1.82) is 0 Å². The normalized spacial score (nSPS) is 20.2. The maximum absolute atomic E-state index is 13.7. The molecule has 0 saturated heterocycles. The standard InChI is InChI=1S/C31H46O4S/c1-9-15-28(22-16-11-10-12-17-22)36(32,33)35-27-19-14-13-18-24(27)23-20-25(30(2,3)4)29(34-8)26(21-23)31(5,6)7/h10-12,16-17,20-21,24,27-28H,9,13-15,18-19H2,1-8H3/t24-,27+,28?/m1/s1. The van der Waals surface area contributed by atoms with Crippen molar-refractivity contribution in [1.82, 2.24) is 0 Å². The van der Waals surface area contributed by atoms with E-state index < -0.39 is 15.4 Å². The monoisotopic (exact) mass is 514 g/mol. The van der Waals surface area contributed by atoms with Gasteiger partial charge in [0.15, 0.2) is 0 Å². The van der Waals surface area contributed by atoms with E-state index in [-0.39, 0.29) is 22.9 Å². The van der Waals surface area contributed by atoms with Gasteiger partial charge >= 0.3 is 0 Å². The van der Waals surface area contributed by atoms with Gasteiger partial charge in [0.1, 0.15) is 11.0 Å². The first-order chi connectivity index (χ1) is 16.8. The Morgan fingerprint density at radius 2 is 1.47 bits per heavy atom. The molecule has 0 aliphatic heterocycles. The first-order valence-electron chi connectivity index (χ1n) is 13.5. The second kappa shape index (κ2) is 11.3. The van der Waals surface area contributed by atoms with Crippen LogP contribution < -0.4 is 4.74 Å². The largest absolute Gasteiger partial charge is 0.496 e. The molecule has 0 spiro atoms. The fraction of sp³-hybridized carbons (Fsp3) is 0.613. The van der Waals surface area contributed by atoms with Crippen molar-refractivity contribution in [3.05, 3.63) is 64.7 Å². The van der Waals surface area contributed by atoms with Gasteiger partial charge in [-0.1, -0.05) is 110 Å². The fourth-order valence-electron chi connectivity index (χ4n) is 5.44. The second-order valence-corrected chi connectivity index (χ2v) is 14.1. The van der Waals surface area contributed by atoms with Crippen LogP contribution in [0.1, 0.15) is 120 Å². The van der Waals surface area contributed by atoms with Crippen LogP contribution in [0.15, 0.2) is 42.5 Å². The van der Waals surface area contributed by atoms with Gasteiger partial charge in [0.25, 0.3) is 10.1 Å². The summed E-state index contributed by atoms with van der Waals surface area (Å²) in [4.78, 5) is 0. The smallest absolute Gasteiger partial charge is 0.274 e. The zero-order valence-corrected chi connectivity index (χ0v) is 24.4. The van der Waals surface area contributed by atoms with Crippen LogP contribution in [-0.2, 0) is 25.1 Å². The van der Waals surface area contributed by atoms with Crippen LogP contribution in [0.4, 0.5) is 0 Å². The zero-order chi connectivity index (χ0) is 26.7. The third kappa shape index (κ3) is 6.52. The van der Waals surface area contributed by atoms with Crippen LogP contribution >= 0.6 is 0 Å². The minimum atomic E-state index is -3.79. The van der Waals surface area contributed by atoms with Crippen molar-refractivity contribution < 1.29 is 17.3 Å². The predicted octanol–water partition coefficient (Wildman–Crippen LogP) is 8.20. The average molecular weight is 515 g/mol. The average Bonchev–Trinajstić information content (AvgIpc) is 2.81. The van der Waals surface area contributed by atoms with Crippen molar-refractivity contribution in [2.24, 2.45) is 0 Å². The van der Waals surface area contributed by atoms with Gasteiger partial charge < -0.3 is 4.74 Å². The molecule has 4 nitrogen and oxygen atoms in total. The molecule has 0 radical (unpaired) electrons. The van der Waals surface area contributed by atoms with Gasteiger partial charge in [-0.2, -0.15) is 8.42 Å². The quantitative estimate of drug-likeness (QED) is 0.333. The van der Waals surface area contributed by atoms with Crippen LogP contribution in [0.3, 0.4) is 0 Å². The van der Waals surface area contributed by atoms with Crippen LogP contribution in [0.5, 0.6) is 5.75 Å². The molecular formula is C31H46O4S. The lowest BCUT2D eigenvalue weighted by molar-refractivity contribution is 0.134. The molecule has 1 aliphatic carbocycles. The molecule has 1 unspecified atom stereocenters. The number of hydrogen-bond acceptors (Lipinski definition) is 4. The molecule has 2 aromatic rings. The summed E-state index contributed by atoms with van der Waals surface area (Å²) in [5.41, 5.74) is 4.06. The highest BCUT2D eigenvalue weighted by atomic mass is 32.2.